The number of anilines is 1. The van der Waals surface area contributed by atoms with Crippen LogP contribution in [0.2, 0.25) is 0 Å². The highest BCUT2D eigenvalue weighted by Gasteiger charge is 2.27. The number of hydrogen-bond acceptors (Lipinski definition) is 7. The maximum atomic E-state index is 5.80. The van der Waals surface area contributed by atoms with Crippen LogP contribution in [0.3, 0.4) is 0 Å². The minimum Gasteiger partial charge on any atom is -0.497 e. The molecule has 2 N–H and O–H groups in total. The van der Waals surface area contributed by atoms with Crippen molar-refractivity contribution in [3.05, 3.63) is 36.0 Å². The second-order valence-electron chi connectivity index (χ2n) is 5.50. The van der Waals surface area contributed by atoms with Gasteiger partial charge in [0.15, 0.2) is 17.3 Å². The average Bonchev–Trinajstić information content (AvgIpc) is 3.36. The summed E-state index contributed by atoms with van der Waals surface area (Å²) in [5.74, 6) is 2.13. The molecule has 1 fully saturated rings. The van der Waals surface area contributed by atoms with Crippen LogP contribution in [0.4, 0.5) is 5.82 Å². The summed E-state index contributed by atoms with van der Waals surface area (Å²) in [6, 6.07) is 9.54. The molecule has 23 heavy (non-hydrogen) atoms. The number of benzene rings is 1. The van der Waals surface area contributed by atoms with E-state index in [1.165, 1.54) is 0 Å². The first kappa shape index (κ1) is 13.7. The van der Waals surface area contributed by atoms with Crippen molar-refractivity contribution in [2.75, 3.05) is 12.8 Å². The smallest absolute Gasteiger partial charge is 0.198 e. The van der Waals surface area contributed by atoms with Crippen molar-refractivity contribution in [1.82, 2.24) is 20.3 Å². The zero-order chi connectivity index (χ0) is 15.8. The monoisotopic (exact) mass is 309 g/mol. The second-order valence-corrected chi connectivity index (χ2v) is 5.50. The van der Waals surface area contributed by atoms with Gasteiger partial charge in [-0.15, -0.1) is 0 Å². The largest absolute Gasteiger partial charge is 0.497 e. The molecule has 1 aromatic carbocycles. The van der Waals surface area contributed by atoms with E-state index in [4.69, 9.17) is 10.5 Å². The number of aromatic nitrogens is 4. The van der Waals surface area contributed by atoms with Gasteiger partial charge in [-0.3, -0.25) is 0 Å². The van der Waals surface area contributed by atoms with Gasteiger partial charge in [-0.05, 0) is 53.5 Å². The first-order valence-electron chi connectivity index (χ1n) is 7.36. The molecule has 0 amide bonds. The lowest BCUT2D eigenvalue weighted by Gasteiger charge is -2.07. The number of nitrogens with two attached hydrogens (primary N) is 1. The third-order valence-electron chi connectivity index (χ3n) is 3.85. The molecule has 0 radical (unpaired) electrons. The summed E-state index contributed by atoms with van der Waals surface area (Å²) in [5, 5.41) is 7.47. The van der Waals surface area contributed by atoms with E-state index in [1.54, 1.807) is 7.11 Å². The van der Waals surface area contributed by atoms with Gasteiger partial charge in [-0.1, -0.05) is 0 Å². The van der Waals surface area contributed by atoms with Crippen molar-refractivity contribution in [3.8, 4) is 28.5 Å². The molecule has 2 heterocycles. The van der Waals surface area contributed by atoms with Crippen LogP contribution in [-0.4, -0.2) is 27.4 Å². The van der Waals surface area contributed by atoms with Gasteiger partial charge in [0.05, 0.1) is 7.11 Å². The number of rotatable bonds is 4. The van der Waals surface area contributed by atoms with Gasteiger partial charge in [-0.2, -0.15) is 0 Å². The highest BCUT2D eigenvalue weighted by atomic mass is 16.6. The van der Waals surface area contributed by atoms with E-state index in [-0.39, 0.29) is 5.82 Å². The van der Waals surface area contributed by atoms with Crippen LogP contribution in [0.25, 0.3) is 22.8 Å². The van der Waals surface area contributed by atoms with E-state index in [0.717, 1.165) is 29.8 Å². The molecule has 116 valence electrons. The molecule has 0 spiro atoms. The van der Waals surface area contributed by atoms with Gasteiger partial charge in [0, 0.05) is 17.2 Å². The van der Waals surface area contributed by atoms with E-state index in [2.05, 4.69) is 24.9 Å². The van der Waals surface area contributed by atoms with Crippen LogP contribution >= 0.6 is 0 Å². The fourth-order valence-corrected chi connectivity index (χ4v) is 2.42. The molecule has 7 heteroatoms. The summed E-state index contributed by atoms with van der Waals surface area (Å²) in [7, 11) is 1.64. The Bertz CT molecular complexity index is 840. The van der Waals surface area contributed by atoms with Crippen LogP contribution in [0.15, 0.2) is 35.0 Å². The van der Waals surface area contributed by atoms with Gasteiger partial charge >= 0.3 is 0 Å². The predicted molar refractivity (Wildman–Crippen MR) is 83.7 cm³/mol. The normalized spacial score (nSPS) is 14.0. The molecule has 1 saturated carbocycles. The lowest BCUT2D eigenvalue weighted by Crippen LogP contribution is -1.99. The minimum atomic E-state index is 0.228. The zero-order valence-corrected chi connectivity index (χ0v) is 12.6. The summed E-state index contributed by atoms with van der Waals surface area (Å²) >= 11 is 0. The van der Waals surface area contributed by atoms with E-state index >= 15 is 0 Å². The fraction of sp³-hybridized carbons (Fsp3) is 0.250. The topological polar surface area (TPSA) is 100.0 Å². The van der Waals surface area contributed by atoms with Crippen molar-refractivity contribution in [2.45, 2.75) is 18.8 Å². The number of nitrogen functional groups attached to an aromatic ring is 1. The molecule has 7 nitrogen and oxygen atoms in total. The molecule has 1 aliphatic carbocycles. The number of hydrogen-bond donors (Lipinski definition) is 1. The van der Waals surface area contributed by atoms with Crippen LogP contribution in [0.5, 0.6) is 5.75 Å². The Kier molecular flexibility index (Phi) is 3.18. The highest BCUT2D eigenvalue weighted by molar-refractivity contribution is 5.68. The summed E-state index contributed by atoms with van der Waals surface area (Å²) < 4.78 is 9.88. The van der Waals surface area contributed by atoms with Gasteiger partial charge in [0.1, 0.15) is 11.4 Å². The highest BCUT2D eigenvalue weighted by Crippen LogP contribution is 2.40. The molecule has 1 aliphatic rings. The Morgan fingerprint density at radius 2 is 1.91 bits per heavy atom. The average molecular weight is 309 g/mol. The van der Waals surface area contributed by atoms with Crippen LogP contribution in [0, 0.1) is 0 Å². The Morgan fingerprint density at radius 1 is 1.13 bits per heavy atom. The molecule has 0 unspecified atom stereocenters. The van der Waals surface area contributed by atoms with Gasteiger partial charge in [0.2, 0.25) is 0 Å². The van der Waals surface area contributed by atoms with Gasteiger partial charge in [-0.25, -0.2) is 14.6 Å². The molecule has 0 saturated heterocycles. The fourth-order valence-electron chi connectivity index (χ4n) is 2.42. The third kappa shape index (κ3) is 2.61. The Labute approximate surface area is 132 Å². The second kappa shape index (κ2) is 5.35. The number of ether oxygens (including phenoxy) is 1. The number of methoxy groups -OCH3 is 1. The Morgan fingerprint density at radius 3 is 2.52 bits per heavy atom. The van der Waals surface area contributed by atoms with Crippen LogP contribution in [-0.2, 0) is 0 Å². The van der Waals surface area contributed by atoms with E-state index in [9.17, 15) is 0 Å². The first-order valence-corrected chi connectivity index (χ1v) is 7.36. The minimum absolute atomic E-state index is 0.228. The third-order valence-corrected chi connectivity index (χ3v) is 3.85. The lowest BCUT2D eigenvalue weighted by atomic mass is 10.1. The predicted octanol–water partition coefficient (Wildman–Crippen LogP) is 2.66. The standard InChI is InChI=1S/C16H15N5O2/c1-22-11-6-4-10(5-7-11)16-18-12(9-2-3-9)8-13(19-16)14-15(17)21-23-20-14/h4-9H,2-3H2,1H3,(H2,17,21). The van der Waals surface area contributed by atoms with Crippen molar-refractivity contribution in [3.63, 3.8) is 0 Å². The van der Waals surface area contributed by atoms with E-state index in [0.29, 0.717) is 23.1 Å². The Hall–Kier alpha value is -2.96. The van der Waals surface area contributed by atoms with Crippen molar-refractivity contribution in [1.29, 1.82) is 0 Å². The van der Waals surface area contributed by atoms with E-state index in [1.807, 2.05) is 30.3 Å². The van der Waals surface area contributed by atoms with Crippen LogP contribution < -0.4 is 10.5 Å². The molecule has 4 rings (SSSR count). The molecule has 0 bridgehead atoms. The van der Waals surface area contributed by atoms with Crippen LogP contribution in [0.1, 0.15) is 24.5 Å². The summed E-state index contributed by atoms with van der Waals surface area (Å²) in [6.07, 6.45) is 2.29. The van der Waals surface area contributed by atoms with Crippen molar-refractivity contribution >= 4 is 5.82 Å². The summed E-state index contributed by atoms with van der Waals surface area (Å²) in [5.41, 5.74) is 8.79. The van der Waals surface area contributed by atoms with Crippen molar-refractivity contribution in [2.24, 2.45) is 0 Å². The summed E-state index contributed by atoms with van der Waals surface area (Å²) in [6.45, 7) is 0. The SMILES string of the molecule is COc1ccc(-c2nc(-c3nonc3N)cc(C3CC3)n2)cc1. The quantitative estimate of drug-likeness (QED) is 0.790. The molecular weight excluding hydrogens is 294 g/mol. The molecule has 3 aromatic rings. The zero-order valence-electron chi connectivity index (χ0n) is 12.6. The lowest BCUT2D eigenvalue weighted by molar-refractivity contribution is 0.310. The molecular formula is C16H15N5O2. The molecule has 0 atom stereocenters. The van der Waals surface area contributed by atoms with E-state index < -0.39 is 0 Å². The van der Waals surface area contributed by atoms with Gasteiger partial charge in [0.25, 0.3) is 0 Å². The van der Waals surface area contributed by atoms with Gasteiger partial charge < -0.3 is 10.5 Å². The number of nitrogens with zero attached hydrogens (tertiary/aromatic N) is 4. The first-order chi connectivity index (χ1) is 11.2. The molecule has 0 aliphatic heterocycles. The Balaban J connectivity index is 1.82. The molecule has 2 aromatic heterocycles. The summed E-state index contributed by atoms with van der Waals surface area (Å²) in [4.78, 5) is 9.27. The maximum Gasteiger partial charge on any atom is 0.198 e. The maximum absolute atomic E-state index is 5.80. The van der Waals surface area contributed by atoms with Crippen molar-refractivity contribution < 1.29 is 9.37 Å².